The lowest BCUT2D eigenvalue weighted by molar-refractivity contribution is -0.135. The summed E-state index contributed by atoms with van der Waals surface area (Å²) in [5.74, 6) is -2.22. The van der Waals surface area contributed by atoms with E-state index in [0.717, 1.165) is 41.2 Å². The van der Waals surface area contributed by atoms with E-state index in [1.165, 1.54) is 30.1 Å². The Hall–Kier alpha value is -3.64. The molecule has 12 heteroatoms. The minimum atomic E-state index is -0.675. The van der Waals surface area contributed by atoms with Crippen molar-refractivity contribution in [3.05, 3.63) is 70.5 Å². The molecule has 0 atom stereocenters. The maximum atomic E-state index is 12.9. The molecule has 10 nitrogen and oxygen atoms in total. The molecule has 0 aromatic heterocycles. The summed E-state index contributed by atoms with van der Waals surface area (Å²) in [6.07, 6.45) is 3.68. The number of carbonyl (C=O) groups is 4. The monoisotopic (exact) mass is 500 g/mol. The van der Waals surface area contributed by atoms with Crippen LogP contribution in [0.1, 0.15) is 5.56 Å². The standard InChI is InChI=1S/C22H20N4O6S2/c1-4-10-25-19(29)15(11-17(27)31-2)33-21(25)23-24-22-26(13-14-8-6-5-7-9-14)20(30)16(34-22)12-18(28)32-3/h4-9,11-12H,1,10,13H2,2-3H3/b15-11+,16-12-,23-21-,24-22-. The van der Waals surface area contributed by atoms with Gasteiger partial charge in [0, 0.05) is 18.7 Å². The molecule has 0 unspecified atom stereocenters. The first-order chi connectivity index (χ1) is 16.4. The van der Waals surface area contributed by atoms with Gasteiger partial charge in [0.15, 0.2) is 10.3 Å². The second-order valence-corrected chi connectivity index (χ2v) is 8.63. The molecule has 2 saturated heterocycles. The fourth-order valence-electron chi connectivity index (χ4n) is 2.78. The van der Waals surface area contributed by atoms with Crippen LogP contribution in [-0.2, 0) is 35.2 Å². The van der Waals surface area contributed by atoms with Crippen LogP contribution in [0.25, 0.3) is 0 Å². The van der Waals surface area contributed by atoms with E-state index in [1.807, 2.05) is 30.3 Å². The minimum Gasteiger partial charge on any atom is -0.466 e. The zero-order chi connectivity index (χ0) is 24.7. The Labute approximate surface area is 204 Å². The zero-order valence-electron chi connectivity index (χ0n) is 18.3. The van der Waals surface area contributed by atoms with Crippen molar-refractivity contribution in [1.82, 2.24) is 9.80 Å². The molecule has 2 aliphatic rings. The molecule has 0 aliphatic carbocycles. The molecule has 34 heavy (non-hydrogen) atoms. The predicted molar refractivity (Wildman–Crippen MR) is 129 cm³/mol. The van der Waals surface area contributed by atoms with E-state index >= 15 is 0 Å². The number of amides is 2. The number of rotatable bonds is 7. The van der Waals surface area contributed by atoms with E-state index < -0.39 is 23.8 Å². The highest BCUT2D eigenvalue weighted by molar-refractivity contribution is 8.19. The molecule has 3 rings (SSSR count). The number of esters is 2. The predicted octanol–water partition coefficient (Wildman–Crippen LogP) is 2.26. The molecular weight excluding hydrogens is 480 g/mol. The van der Waals surface area contributed by atoms with Crippen molar-refractivity contribution in [3.63, 3.8) is 0 Å². The number of methoxy groups -OCH3 is 2. The second kappa shape index (κ2) is 11.5. The van der Waals surface area contributed by atoms with Crippen LogP contribution in [0.4, 0.5) is 0 Å². The van der Waals surface area contributed by atoms with Crippen LogP contribution in [0.2, 0.25) is 0 Å². The number of nitrogens with zero attached hydrogens (tertiary/aromatic N) is 4. The average Bonchev–Trinajstić information content (AvgIpc) is 3.29. The lowest BCUT2D eigenvalue weighted by Crippen LogP contribution is -2.30. The maximum absolute atomic E-state index is 12.9. The molecule has 0 radical (unpaired) electrons. The van der Waals surface area contributed by atoms with Gasteiger partial charge in [0.05, 0.1) is 30.6 Å². The summed E-state index contributed by atoms with van der Waals surface area (Å²) in [4.78, 5) is 51.8. The molecule has 1 aromatic carbocycles. The number of amidine groups is 2. The van der Waals surface area contributed by atoms with Gasteiger partial charge in [0.1, 0.15) is 0 Å². The van der Waals surface area contributed by atoms with Gasteiger partial charge in [-0.3, -0.25) is 19.4 Å². The molecule has 176 valence electrons. The number of carbonyl (C=O) groups excluding carboxylic acids is 4. The smallest absolute Gasteiger partial charge is 0.331 e. The van der Waals surface area contributed by atoms with E-state index in [2.05, 4.69) is 26.3 Å². The number of hydrogen-bond donors (Lipinski definition) is 0. The Morgan fingerprint density at radius 1 is 0.912 bits per heavy atom. The van der Waals surface area contributed by atoms with Gasteiger partial charge in [-0.2, -0.15) is 0 Å². The number of hydrogen-bond acceptors (Lipinski definition) is 10. The Morgan fingerprint density at radius 2 is 1.41 bits per heavy atom. The van der Waals surface area contributed by atoms with Crippen molar-refractivity contribution in [2.75, 3.05) is 20.8 Å². The van der Waals surface area contributed by atoms with Gasteiger partial charge in [-0.1, -0.05) is 36.4 Å². The first kappa shape index (κ1) is 25.0. The van der Waals surface area contributed by atoms with Crippen LogP contribution in [0.15, 0.2) is 75.2 Å². The Kier molecular flexibility index (Phi) is 8.44. The summed E-state index contributed by atoms with van der Waals surface area (Å²) >= 11 is 1.91. The minimum absolute atomic E-state index is 0.121. The van der Waals surface area contributed by atoms with Gasteiger partial charge in [0.25, 0.3) is 11.8 Å². The van der Waals surface area contributed by atoms with Gasteiger partial charge in [-0.25, -0.2) is 9.59 Å². The lowest BCUT2D eigenvalue weighted by Gasteiger charge is -2.15. The van der Waals surface area contributed by atoms with Crippen molar-refractivity contribution in [2.45, 2.75) is 6.54 Å². The molecule has 0 saturated carbocycles. The van der Waals surface area contributed by atoms with Crippen molar-refractivity contribution in [2.24, 2.45) is 10.2 Å². The quantitative estimate of drug-likeness (QED) is 0.242. The SMILES string of the molecule is C=CCN1C(=O)/C(=C\C(=O)OC)S/C1=N\N=C1/S/C(=C\C(=O)OC)C(=O)N1Cc1ccccc1. The normalized spacial score (nSPS) is 20.6. The molecule has 2 fully saturated rings. The van der Waals surface area contributed by atoms with Gasteiger partial charge in [0.2, 0.25) is 0 Å². The second-order valence-electron chi connectivity index (χ2n) is 6.61. The molecular formula is C22H20N4O6S2. The lowest BCUT2D eigenvalue weighted by atomic mass is 10.2. The summed E-state index contributed by atoms with van der Waals surface area (Å²) in [5.41, 5.74) is 0.845. The summed E-state index contributed by atoms with van der Waals surface area (Å²) in [5, 5.41) is 8.79. The van der Waals surface area contributed by atoms with E-state index in [4.69, 9.17) is 0 Å². The fraction of sp³-hybridized carbons (Fsp3) is 0.182. The molecule has 2 heterocycles. The Balaban J connectivity index is 1.96. The third-order valence-corrected chi connectivity index (χ3v) is 6.39. The van der Waals surface area contributed by atoms with Gasteiger partial charge in [-0.15, -0.1) is 16.8 Å². The summed E-state index contributed by atoms with van der Waals surface area (Å²) in [6, 6.07) is 9.24. The van der Waals surface area contributed by atoms with E-state index in [0.29, 0.717) is 0 Å². The third-order valence-electron chi connectivity index (χ3n) is 4.39. The first-order valence-corrected chi connectivity index (χ1v) is 11.4. The largest absolute Gasteiger partial charge is 0.466 e. The summed E-state index contributed by atoms with van der Waals surface area (Å²) in [6.45, 7) is 3.97. The van der Waals surface area contributed by atoms with E-state index in [9.17, 15) is 19.2 Å². The Morgan fingerprint density at radius 3 is 1.91 bits per heavy atom. The van der Waals surface area contributed by atoms with Gasteiger partial charge in [-0.05, 0) is 29.1 Å². The zero-order valence-corrected chi connectivity index (χ0v) is 19.9. The molecule has 2 aliphatic heterocycles. The van der Waals surface area contributed by atoms with E-state index in [1.54, 1.807) is 0 Å². The molecule has 2 amide bonds. The molecule has 0 bridgehead atoms. The number of ether oxygens (including phenoxy) is 2. The highest BCUT2D eigenvalue weighted by Crippen LogP contribution is 2.34. The van der Waals surface area contributed by atoms with Crippen LogP contribution in [0.3, 0.4) is 0 Å². The highest BCUT2D eigenvalue weighted by atomic mass is 32.2. The summed E-state index contributed by atoms with van der Waals surface area (Å²) in [7, 11) is 2.43. The third kappa shape index (κ3) is 5.83. The molecule has 1 aromatic rings. The van der Waals surface area contributed by atoms with Crippen LogP contribution < -0.4 is 0 Å². The number of thioether (sulfide) groups is 2. The van der Waals surface area contributed by atoms with Gasteiger partial charge >= 0.3 is 11.9 Å². The molecule has 0 spiro atoms. The fourth-order valence-corrected chi connectivity index (χ4v) is 4.57. The van der Waals surface area contributed by atoms with Crippen LogP contribution in [0, 0.1) is 0 Å². The van der Waals surface area contributed by atoms with Crippen LogP contribution in [0.5, 0.6) is 0 Å². The van der Waals surface area contributed by atoms with Gasteiger partial charge < -0.3 is 9.47 Å². The van der Waals surface area contributed by atoms with Crippen molar-refractivity contribution in [1.29, 1.82) is 0 Å². The van der Waals surface area contributed by atoms with E-state index in [-0.39, 0.29) is 33.2 Å². The first-order valence-electron chi connectivity index (χ1n) is 9.77. The highest BCUT2D eigenvalue weighted by Gasteiger charge is 2.36. The van der Waals surface area contributed by atoms with Crippen molar-refractivity contribution in [3.8, 4) is 0 Å². The van der Waals surface area contributed by atoms with Crippen molar-refractivity contribution >= 4 is 57.6 Å². The van der Waals surface area contributed by atoms with Crippen molar-refractivity contribution < 1.29 is 28.7 Å². The summed E-state index contributed by atoms with van der Waals surface area (Å²) < 4.78 is 9.22. The topological polar surface area (TPSA) is 118 Å². The molecule has 0 N–H and O–H groups in total. The number of benzene rings is 1. The Bertz CT molecular complexity index is 1140. The maximum Gasteiger partial charge on any atom is 0.331 e. The van der Waals surface area contributed by atoms with Crippen LogP contribution in [-0.4, -0.2) is 64.7 Å². The average molecular weight is 501 g/mol. The van der Waals surface area contributed by atoms with Crippen LogP contribution >= 0.6 is 23.5 Å².